The van der Waals surface area contributed by atoms with Crippen LogP contribution in [0.3, 0.4) is 0 Å². The van der Waals surface area contributed by atoms with Crippen molar-refractivity contribution in [3.63, 3.8) is 0 Å². The summed E-state index contributed by atoms with van der Waals surface area (Å²) in [5, 5.41) is 11.3. The van der Waals surface area contributed by atoms with E-state index < -0.39 is 0 Å². The third-order valence-electron chi connectivity index (χ3n) is 3.85. The zero-order valence-electron chi connectivity index (χ0n) is 11.4. The molecule has 1 aromatic carbocycles. The third-order valence-corrected chi connectivity index (χ3v) is 3.85. The number of aromatic amines is 2. The minimum Gasteiger partial charge on any atom is -0.361 e. The molecule has 1 aliphatic rings. The number of amides is 1. The summed E-state index contributed by atoms with van der Waals surface area (Å²) >= 11 is 0. The van der Waals surface area contributed by atoms with Crippen molar-refractivity contribution in [2.75, 3.05) is 0 Å². The van der Waals surface area contributed by atoms with E-state index in [9.17, 15) is 4.79 Å². The van der Waals surface area contributed by atoms with Gasteiger partial charge in [0.2, 0.25) is 0 Å². The van der Waals surface area contributed by atoms with E-state index in [-0.39, 0.29) is 5.91 Å². The maximum absolute atomic E-state index is 12.5. The first-order valence-electron chi connectivity index (χ1n) is 7.04. The van der Waals surface area contributed by atoms with Gasteiger partial charge in [-0.3, -0.25) is 4.79 Å². The molecule has 2 aromatic heterocycles. The van der Waals surface area contributed by atoms with Crippen LogP contribution < -0.4 is 0 Å². The fraction of sp³-hybridized carbons (Fsp3) is 0.267. The largest absolute Gasteiger partial charge is 0.361 e. The molecule has 6 heteroatoms. The molecule has 106 valence electrons. The average Bonchev–Trinajstić information content (AvgIpc) is 3.02. The minimum absolute atomic E-state index is 0.0552. The lowest BCUT2D eigenvalue weighted by Crippen LogP contribution is -2.32. The molecule has 6 nitrogen and oxygen atoms in total. The van der Waals surface area contributed by atoms with Crippen LogP contribution in [0.2, 0.25) is 0 Å². The maximum atomic E-state index is 12.5. The van der Waals surface area contributed by atoms with Crippen LogP contribution in [0.5, 0.6) is 0 Å². The molecule has 1 amide bonds. The smallest absolute Gasteiger partial charge is 0.276 e. The number of aromatic nitrogens is 4. The molecule has 0 aliphatic heterocycles. The van der Waals surface area contributed by atoms with Gasteiger partial charge in [-0.15, -0.1) is 0 Å². The molecule has 0 spiro atoms. The SMILES string of the molecule is O=C(c1cn[nH]n1)N(Cc1ccc2[nH]ccc2c1)C1CC1. The second-order valence-corrected chi connectivity index (χ2v) is 5.42. The highest BCUT2D eigenvalue weighted by Gasteiger charge is 2.34. The summed E-state index contributed by atoms with van der Waals surface area (Å²) < 4.78 is 0. The number of nitrogens with one attached hydrogen (secondary N) is 2. The summed E-state index contributed by atoms with van der Waals surface area (Å²) in [6, 6.07) is 8.61. The number of nitrogens with zero attached hydrogens (tertiary/aromatic N) is 3. The van der Waals surface area contributed by atoms with Crippen molar-refractivity contribution < 1.29 is 4.79 Å². The summed E-state index contributed by atoms with van der Waals surface area (Å²) in [5.41, 5.74) is 2.62. The van der Waals surface area contributed by atoms with Gasteiger partial charge in [0.1, 0.15) is 0 Å². The van der Waals surface area contributed by atoms with E-state index in [1.807, 2.05) is 17.2 Å². The number of hydrogen-bond donors (Lipinski definition) is 2. The van der Waals surface area contributed by atoms with E-state index in [1.165, 1.54) is 6.20 Å². The lowest BCUT2D eigenvalue weighted by molar-refractivity contribution is 0.0724. The van der Waals surface area contributed by atoms with E-state index >= 15 is 0 Å². The van der Waals surface area contributed by atoms with Crippen molar-refractivity contribution in [1.82, 2.24) is 25.3 Å². The summed E-state index contributed by atoms with van der Waals surface area (Å²) in [7, 11) is 0. The Hall–Kier alpha value is -2.63. The number of fused-ring (bicyclic) bond motifs is 1. The quantitative estimate of drug-likeness (QED) is 0.768. The van der Waals surface area contributed by atoms with Crippen LogP contribution in [0.15, 0.2) is 36.7 Å². The van der Waals surface area contributed by atoms with E-state index in [1.54, 1.807) is 0 Å². The lowest BCUT2D eigenvalue weighted by Gasteiger charge is -2.21. The average molecular weight is 281 g/mol. The van der Waals surface area contributed by atoms with Gasteiger partial charge < -0.3 is 9.88 Å². The molecule has 2 N–H and O–H groups in total. The van der Waals surface area contributed by atoms with Crippen molar-refractivity contribution in [2.24, 2.45) is 0 Å². The van der Waals surface area contributed by atoms with Gasteiger partial charge in [0.15, 0.2) is 5.69 Å². The van der Waals surface area contributed by atoms with Crippen LogP contribution in [-0.2, 0) is 6.54 Å². The Morgan fingerprint density at radius 1 is 1.33 bits per heavy atom. The molecule has 0 bridgehead atoms. The summed E-state index contributed by atoms with van der Waals surface area (Å²) in [5.74, 6) is -0.0552. The van der Waals surface area contributed by atoms with Crippen molar-refractivity contribution in [3.8, 4) is 0 Å². The zero-order valence-corrected chi connectivity index (χ0v) is 11.4. The van der Waals surface area contributed by atoms with Gasteiger partial charge in [-0.1, -0.05) is 6.07 Å². The highest BCUT2D eigenvalue weighted by Crippen LogP contribution is 2.30. The summed E-state index contributed by atoms with van der Waals surface area (Å²) in [6.45, 7) is 0.609. The fourth-order valence-corrected chi connectivity index (χ4v) is 2.60. The van der Waals surface area contributed by atoms with Crippen molar-refractivity contribution in [3.05, 3.63) is 47.9 Å². The summed E-state index contributed by atoms with van der Waals surface area (Å²) in [6.07, 6.45) is 5.53. The van der Waals surface area contributed by atoms with Crippen LogP contribution in [0, 0.1) is 0 Å². The number of rotatable bonds is 4. The standard InChI is InChI=1S/C15H15N5O/c21-15(14-8-17-19-18-14)20(12-2-3-12)9-10-1-4-13-11(7-10)5-6-16-13/h1,4-8,12,16H,2-3,9H2,(H,17,18,19). The molecular formula is C15H15N5O. The predicted octanol–water partition coefficient (Wildman–Crippen LogP) is 2.09. The molecule has 1 saturated carbocycles. The highest BCUT2D eigenvalue weighted by molar-refractivity contribution is 5.92. The first-order chi connectivity index (χ1) is 10.3. The van der Waals surface area contributed by atoms with Crippen LogP contribution in [0.1, 0.15) is 28.9 Å². The van der Waals surface area contributed by atoms with Crippen LogP contribution in [0.4, 0.5) is 0 Å². The van der Waals surface area contributed by atoms with Crippen molar-refractivity contribution in [2.45, 2.75) is 25.4 Å². The third kappa shape index (κ3) is 2.29. The maximum Gasteiger partial charge on any atom is 0.276 e. The molecule has 0 radical (unpaired) electrons. The second-order valence-electron chi connectivity index (χ2n) is 5.42. The van der Waals surface area contributed by atoms with E-state index in [4.69, 9.17) is 0 Å². The Labute approximate surface area is 121 Å². The number of hydrogen-bond acceptors (Lipinski definition) is 3. The Kier molecular flexibility index (Phi) is 2.73. The topological polar surface area (TPSA) is 77.7 Å². The molecule has 0 saturated heterocycles. The van der Waals surface area contributed by atoms with Gasteiger partial charge in [0.05, 0.1) is 6.20 Å². The van der Waals surface area contributed by atoms with Crippen molar-refractivity contribution in [1.29, 1.82) is 0 Å². The first-order valence-corrected chi connectivity index (χ1v) is 7.04. The molecule has 21 heavy (non-hydrogen) atoms. The molecular weight excluding hydrogens is 266 g/mol. The molecule has 3 aromatic rings. The highest BCUT2D eigenvalue weighted by atomic mass is 16.2. The zero-order chi connectivity index (χ0) is 14.2. The number of carbonyl (C=O) groups excluding carboxylic acids is 1. The van der Waals surface area contributed by atoms with E-state index in [0.29, 0.717) is 18.3 Å². The van der Waals surface area contributed by atoms with Gasteiger partial charge in [-0.05, 0) is 42.0 Å². The molecule has 1 fully saturated rings. The van der Waals surface area contributed by atoms with E-state index in [0.717, 1.165) is 29.3 Å². The molecule has 1 aliphatic carbocycles. The number of H-pyrrole nitrogens is 2. The van der Waals surface area contributed by atoms with Crippen molar-refractivity contribution >= 4 is 16.8 Å². The molecule has 2 heterocycles. The minimum atomic E-state index is -0.0552. The van der Waals surface area contributed by atoms with E-state index in [2.05, 4.69) is 38.6 Å². The second kappa shape index (κ2) is 4.73. The Balaban J connectivity index is 1.61. The molecule has 4 rings (SSSR count). The molecule has 0 atom stereocenters. The number of benzene rings is 1. The monoisotopic (exact) mass is 281 g/mol. The fourth-order valence-electron chi connectivity index (χ4n) is 2.60. The van der Waals surface area contributed by atoms with Gasteiger partial charge in [0, 0.05) is 24.3 Å². The number of carbonyl (C=O) groups is 1. The summed E-state index contributed by atoms with van der Waals surface area (Å²) in [4.78, 5) is 17.6. The molecule has 0 unspecified atom stereocenters. The van der Waals surface area contributed by atoms with Gasteiger partial charge in [-0.2, -0.15) is 15.4 Å². The van der Waals surface area contributed by atoms with Gasteiger partial charge in [-0.25, -0.2) is 0 Å². The van der Waals surface area contributed by atoms with Crippen LogP contribution in [0.25, 0.3) is 10.9 Å². The van der Waals surface area contributed by atoms with Gasteiger partial charge >= 0.3 is 0 Å². The lowest BCUT2D eigenvalue weighted by atomic mass is 10.1. The predicted molar refractivity (Wildman–Crippen MR) is 77.6 cm³/mol. The normalized spacial score (nSPS) is 14.5. The van der Waals surface area contributed by atoms with Crippen LogP contribution >= 0.6 is 0 Å². The first kappa shape index (κ1) is 12.1. The Morgan fingerprint density at radius 3 is 3.00 bits per heavy atom. The van der Waals surface area contributed by atoms with Gasteiger partial charge in [0.25, 0.3) is 5.91 Å². The Morgan fingerprint density at radius 2 is 2.24 bits per heavy atom. The Bertz CT molecular complexity index is 772. The van der Waals surface area contributed by atoms with Crippen LogP contribution in [-0.4, -0.2) is 37.2 Å².